The quantitative estimate of drug-likeness (QED) is 0.706. The fourth-order valence-electron chi connectivity index (χ4n) is 2.62. The van der Waals surface area contributed by atoms with E-state index in [1.165, 1.54) is 31.2 Å². The second-order valence-electron chi connectivity index (χ2n) is 6.20. The van der Waals surface area contributed by atoms with E-state index in [1.54, 1.807) is 18.2 Å². The predicted molar refractivity (Wildman–Crippen MR) is 102 cm³/mol. The van der Waals surface area contributed by atoms with Gasteiger partial charge in [0.25, 0.3) is 5.91 Å². The second kappa shape index (κ2) is 7.78. The molecule has 0 aliphatic carbocycles. The van der Waals surface area contributed by atoms with Crippen molar-refractivity contribution in [3.05, 3.63) is 53.1 Å². The Morgan fingerprint density at radius 2 is 1.93 bits per heavy atom. The van der Waals surface area contributed by atoms with E-state index in [0.717, 1.165) is 5.56 Å². The fraction of sp³-hybridized carbons (Fsp3) is 0.222. The van der Waals surface area contributed by atoms with E-state index in [1.807, 2.05) is 0 Å². The first kappa shape index (κ1) is 20.1. The lowest BCUT2D eigenvalue weighted by atomic mass is 10.1. The summed E-state index contributed by atoms with van der Waals surface area (Å²) in [6.45, 7) is 1.42. The van der Waals surface area contributed by atoms with Crippen LogP contribution in [0.25, 0.3) is 0 Å². The van der Waals surface area contributed by atoms with Crippen LogP contribution < -0.4 is 15.2 Å². The van der Waals surface area contributed by atoms with Crippen LogP contribution in [0.5, 0.6) is 5.75 Å². The highest BCUT2D eigenvalue weighted by Gasteiger charge is 2.32. The number of halogens is 1. The monoisotopic (exact) mass is 424 g/mol. The van der Waals surface area contributed by atoms with E-state index in [2.05, 4.69) is 5.32 Å². The van der Waals surface area contributed by atoms with E-state index in [0.29, 0.717) is 22.9 Å². The van der Waals surface area contributed by atoms with Crippen LogP contribution in [0.3, 0.4) is 0 Å². The molecule has 1 heterocycles. The third-order valence-corrected chi connectivity index (χ3v) is 5.24. The highest BCUT2D eigenvalue weighted by atomic mass is 35.5. The van der Waals surface area contributed by atoms with E-state index >= 15 is 0 Å². The summed E-state index contributed by atoms with van der Waals surface area (Å²) in [6, 6.07) is 10.3. The summed E-state index contributed by atoms with van der Waals surface area (Å²) in [7, 11) is -3.82. The number of carbonyl (C=O) groups excluding carboxylic acids is 2. The molecule has 1 aliphatic rings. The number of carbonyl (C=O) groups is 2. The van der Waals surface area contributed by atoms with Crippen molar-refractivity contribution >= 4 is 39.2 Å². The molecular formula is C18H17ClN2O6S. The first-order valence-electron chi connectivity index (χ1n) is 8.23. The Bertz CT molecular complexity index is 1020. The summed E-state index contributed by atoms with van der Waals surface area (Å²) in [4.78, 5) is 24.4. The number of hydrogen-bond acceptors (Lipinski definition) is 6. The largest absolute Gasteiger partial charge is 0.478 e. The average Bonchev–Trinajstić information content (AvgIpc) is 3.04. The van der Waals surface area contributed by atoms with E-state index < -0.39 is 34.1 Å². The zero-order chi connectivity index (χ0) is 20.5. The summed E-state index contributed by atoms with van der Waals surface area (Å²) < 4.78 is 33.2. The highest BCUT2D eigenvalue weighted by molar-refractivity contribution is 7.89. The normalized spacial score (nSPS) is 16.6. The summed E-state index contributed by atoms with van der Waals surface area (Å²) >= 11 is 5.92. The minimum absolute atomic E-state index is 0.0805. The lowest BCUT2D eigenvalue weighted by Gasteiger charge is -2.16. The number of sulfonamides is 1. The van der Waals surface area contributed by atoms with E-state index in [9.17, 15) is 18.0 Å². The van der Waals surface area contributed by atoms with Crippen LogP contribution in [0.1, 0.15) is 12.5 Å². The standard InChI is InChI=1S/C18H17ClN2O6S/c1-10(17(22)21-13-3-5-14(6-4-13)28(20,24)25)26-18(23)16-9-11-8-12(19)2-7-15(11)27-16/h2-8,10,16H,9H2,1H3,(H,21,22)(H2,20,24,25). The maximum Gasteiger partial charge on any atom is 0.348 e. The van der Waals surface area contributed by atoms with Crippen LogP contribution in [0, 0.1) is 0 Å². The van der Waals surface area contributed by atoms with Crippen molar-refractivity contribution in [3.8, 4) is 5.75 Å². The van der Waals surface area contributed by atoms with Gasteiger partial charge in [0.05, 0.1) is 4.90 Å². The molecule has 0 fully saturated rings. The van der Waals surface area contributed by atoms with Crippen molar-refractivity contribution in [2.45, 2.75) is 30.4 Å². The van der Waals surface area contributed by atoms with Crippen LogP contribution >= 0.6 is 11.6 Å². The minimum atomic E-state index is -3.82. The van der Waals surface area contributed by atoms with Gasteiger partial charge in [0.1, 0.15) is 5.75 Å². The number of amides is 1. The number of esters is 1. The van der Waals surface area contributed by atoms with Crippen molar-refractivity contribution < 1.29 is 27.5 Å². The Kier molecular flexibility index (Phi) is 5.59. The maximum absolute atomic E-state index is 12.3. The maximum atomic E-state index is 12.3. The molecule has 3 rings (SSSR count). The Hall–Kier alpha value is -2.62. The lowest BCUT2D eigenvalue weighted by molar-refractivity contribution is -0.159. The van der Waals surface area contributed by atoms with Crippen LogP contribution in [0.15, 0.2) is 47.4 Å². The number of primary sulfonamides is 1. The van der Waals surface area contributed by atoms with Crippen molar-refractivity contribution in [2.24, 2.45) is 5.14 Å². The molecule has 2 unspecified atom stereocenters. The van der Waals surface area contributed by atoms with Gasteiger partial charge in [0.15, 0.2) is 12.2 Å². The lowest BCUT2D eigenvalue weighted by Crippen LogP contribution is -2.35. The van der Waals surface area contributed by atoms with E-state index in [4.69, 9.17) is 26.2 Å². The number of benzene rings is 2. The van der Waals surface area contributed by atoms with Gasteiger partial charge in [-0.3, -0.25) is 4.79 Å². The zero-order valence-electron chi connectivity index (χ0n) is 14.7. The highest BCUT2D eigenvalue weighted by Crippen LogP contribution is 2.31. The molecule has 148 valence electrons. The molecule has 0 aromatic heterocycles. The molecule has 0 saturated heterocycles. The molecule has 28 heavy (non-hydrogen) atoms. The molecule has 0 spiro atoms. The molecular weight excluding hydrogens is 408 g/mol. The van der Waals surface area contributed by atoms with Crippen LogP contribution in [0.4, 0.5) is 5.69 Å². The number of nitrogens with one attached hydrogen (secondary N) is 1. The molecule has 0 bridgehead atoms. The van der Waals surface area contributed by atoms with Crippen LogP contribution in [-0.4, -0.2) is 32.5 Å². The van der Waals surface area contributed by atoms with Crippen molar-refractivity contribution in [2.75, 3.05) is 5.32 Å². The second-order valence-corrected chi connectivity index (χ2v) is 8.20. The van der Waals surface area contributed by atoms with Gasteiger partial charge in [-0.25, -0.2) is 18.4 Å². The van der Waals surface area contributed by atoms with Crippen molar-refractivity contribution in [3.63, 3.8) is 0 Å². The first-order valence-corrected chi connectivity index (χ1v) is 10.2. The fourth-order valence-corrected chi connectivity index (χ4v) is 3.33. The van der Waals surface area contributed by atoms with Gasteiger partial charge in [-0.05, 0) is 55.0 Å². The smallest absolute Gasteiger partial charge is 0.348 e. The topological polar surface area (TPSA) is 125 Å². The van der Waals surface area contributed by atoms with Crippen molar-refractivity contribution in [1.82, 2.24) is 0 Å². The summed E-state index contributed by atoms with van der Waals surface area (Å²) in [5, 5.41) is 8.09. The third-order valence-electron chi connectivity index (χ3n) is 4.07. The first-order chi connectivity index (χ1) is 13.1. The number of rotatable bonds is 5. The third kappa shape index (κ3) is 4.61. The number of hydrogen-bond donors (Lipinski definition) is 2. The summed E-state index contributed by atoms with van der Waals surface area (Å²) in [5.74, 6) is -0.687. The molecule has 3 N–H and O–H groups in total. The predicted octanol–water partition coefficient (Wildman–Crippen LogP) is 1.86. The Morgan fingerprint density at radius 1 is 1.25 bits per heavy atom. The SMILES string of the molecule is CC(OC(=O)C1Cc2cc(Cl)ccc2O1)C(=O)Nc1ccc(S(N)(=O)=O)cc1. The molecule has 0 radical (unpaired) electrons. The van der Waals surface area contributed by atoms with Crippen LogP contribution in [0.2, 0.25) is 5.02 Å². The number of fused-ring (bicyclic) bond motifs is 1. The zero-order valence-corrected chi connectivity index (χ0v) is 16.3. The number of nitrogens with two attached hydrogens (primary N) is 1. The Balaban J connectivity index is 1.56. The molecule has 2 aromatic rings. The van der Waals surface area contributed by atoms with Gasteiger partial charge in [0.2, 0.25) is 10.0 Å². The summed E-state index contributed by atoms with van der Waals surface area (Å²) in [5.41, 5.74) is 1.13. The summed E-state index contributed by atoms with van der Waals surface area (Å²) in [6.07, 6.45) is -1.63. The minimum Gasteiger partial charge on any atom is -0.478 e. The molecule has 0 saturated carbocycles. The van der Waals surface area contributed by atoms with Crippen LogP contribution in [-0.2, 0) is 30.8 Å². The van der Waals surface area contributed by atoms with Gasteiger partial charge in [0, 0.05) is 17.1 Å². The van der Waals surface area contributed by atoms with Gasteiger partial charge in [-0.15, -0.1) is 0 Å². The Morgan fingerprint density at radius 3 is 2.57 bits per heavy atom. The Labute approximate surface area is 166 Å². The number of anilines is 1. The average molecular weight is 425 g/mol. The molecule has 2 aromatic carbocycles. The van der Waals surface area contributed by atoms with Crippen molar-refractivity contribution in [1.29, 1.82) is 0 Å². The van der Waals surface area contributed by atoms with Gasteiger partial charge < -0.3 is 14.8 Å². The van der Waals surface area contributed by atoms with Gasteiger partial charge in [-0.1, -0.05) is 11.6 Å². The number of ether oxygens (including phenoxy) is 2. The van der Waals surface area contributed by atoms with Gasteiger partial charge >= 0.3 is 5.97 Å². The van der Waals surface area contributed by atoms with Gasteiger partial charge in [-0.2, -0.15) is 0 Å². The van der Waals surface area contributed by atoms with E-state index in [-0.39, 0.29) is 4.90 Å². The molecule has 2 atom stereocenters. The molecule has 1 aliphatic heterocycles. The molecule has 1 amide bonds. The molecule has 8 nitrogen and oxygen atoms in total. The molecule has 10 heteroatoms.